The second-order valence-electron chi connectivity index (χ2n) is 3.69. The molecule has 0 unspecified atom stereocenters. The summed E-state index contributed by atoms with van der Waals surface area (Å²) in [7, 11) is -3.89. The highest BCUT2D eigenvalue weighted by atomic mass is 32.2. The monoisotopic (exact) mass is 266 g/mol. The number of ether oxygens (including phenoxy) is 1. The number of benzene rings is 1. The van der Waals surface area contributed by atoms with Gasteiger partial charge in [-0.2, -0.15) is 12.8 Å². The Labute approximate surface area is 104 Å². The molecule has 2 rings (SSSR count). The Morgan fingerprint density at radius 3 is 2.67 bits per heavy atom. The van der Waals surface area contributed by atoms with Crippen molar-refractivity contribution in [2.45, 2.75) is 6.92 Å². The fourth-order valence-electron chi connectivity index (χ4n) is 1.38. The minimum Gasteiger partial charge on any atom is -0.423 e. The van der Waals surface area contributed by atoms with Gasteiger partial charge in [-0.25, -0.2) is 4.79 Å². The van der Waals surface area contributed by atoms with Crippen LogP contribution in [0.3, 0.4) is 0 Å². The van der Waals surface area contributed by atoms with Gasteiger partial charge in [0.05, 0.1) is 6.21 Å². The number of hydrogen-bond donors (Lipinski definition) is 1. The first-order valence-electron chi connectivity index (χ1n) is 4.99. The number of aryl methyl sites for hydroxylation is 1. The van der Waals surface area contributed by atoms with Crippen LogP contribution in [0.5, 0.6) is 5.75 Å². The van der Waals surface area contributed by atoms with Crippen molar-refractivity contribution in [2.24, 2.45) is 10.1 Å². The number of hydrogen-bond acceptors (Lipinski definition) is 5. The summed E-state index contributed by atoms with van der Waals surface area (Å²) in [4.78, 5) is 11.7. The largest absolute Gasteiger partial charge is 0.423 e. The number of nitrogens with zero attached hydrogens (tertiary/aromatic N) is 1. The standard InChI is InChI=1S/C11H10N2O4S/c1-7-3-2-4-8(5-7)17-11(14)9-6-13-18(15,16)10(9)12/h2-6H,12H2,1H3. The first-order chi connectivity index (χ1) is 8.40. The van der Waals surface area contributed by atoms with Crippen LogP contribution in [0.15, 0.2) is 39.3 Å². The maximum atomic E-state index is 11.7. The highest BCUT2D eigenvalue weighted by molar-refractivity contribution is 7.94. The van der Waals surface area contributed by atoms with Gasteiger partial charge in [0.2, 0.25) is 0 Å². The summed E-state index contributed by atoms with van der Waals surface area (Å²) in [5.41, 5.74) is 5.97. The lowest BCUT2D eigenvalue weighted by Gasteiger charge is -2.04. The molecule has 1 aliphatic heterocycles. The third-order valence-electron chi connectivity index (χ3n) is 2.28. The van der Waals surface area contributed by atoms with Gasteiger partial charge in [-0.1, -0.05) is 12.1 Å². The van der Waals surface area contributed by atoms with Crippen LogP contribution in [-0.2, 0) is 14.8 Å². The van der Waals surface area contributed by atoms with E-state index in [4.69, 9.17) is 10.5 Å². The fourth-order valence-corrected chi connectivity index (χ4v) is 2.15. The van der Waals surface area contributed by atoms with Crippen LogP contribution in [0, 0.1) is 6.92 Å². The number of carbonyl (C=O) groups is 1. The lowest BCUT2D eigenvalue weighted by Crippen LogP contribution is -2.17. The first-order valence-corrected chi connectivity index (χ1v) is 6.43. The molecule has 2 N–H and O–H groups in total. The molecule has 0 saturated heterocycles. The van der Waals surface area contributed by atoms with E-state index in [0.29, 0.717) is 5.75 Å². The van der Waals surface area contributed by atoms with Crippen molar-refractivity contribution in [1.82, 2.24) is 0 Å². The quantitative estimate of drug-likeness (QED) is 0.620. The number of nitrogens with two attached hydrogens (primary N) is 1. The average molecular weight is 266 g/mol. The van der Waals surface area contributed by atoms with E-state index in [-0.39, 0.29) is 5.57 Å². The summed E-state index contributed by atoms with van der Waals surface area (Å²) in [6, 6.07) is 6.79. The molecule has 1 heterocycles. The Hall–Kier alpha value is -2.15. The Morgan fingerprint density at radius 1 is 1.39 bits per heavy atom. The summed E-state index contributed by atoms with van der Waals surface area (Å²) in [6.07, 6.45) is 0.892. The summed E-state index contributed by atoms with van der Waals surface area (Å²) in [5.74, 6) is -0.527. The van der Waals surface area contributed by atoms with Crippen LogP contribution >= 0.6 is 0 Å². The van der Waals surface area contributed by atoms with E-state index in [1.807, 2.05) is 13.0 Å². The molecule has 7 heteroatoms. The zero-order valence-electron chi connectivity index (χ0n) is 9.45. The summed E-state index contributed by atoms with van der Waals surface area (Å²) < 4.78 is 30.6. The topological polar surface area (TPSA) is 98.8 Å². The van der Waals surface area contributed by atoms with Crippen molar-refractivity contribution in [3.05, 3.63) is 40.4 Å². The van der Waals surface area contributed by atoms with Gasteiger partial charge in [-0.05, 0) is 24.6 Å². The third kappa shape index (κ3) is 2.25. The minimum absolute atomic E-state index is 0.253. The predicted octanol–water partition coefficient (Wildman–Crippen LogP) is 0.485. The maximum Gasteiger partial charge on any atom is 0.348 e. The Bertz CT molecular complexity index is 674. The van der Waals surface area contributed by atoms with Crippen molar-refractivity contribution in [3.63, 3.8) is 0 Å². The highest BCUT2D eigenvalue weighted by Gasteiger charge is 2.28. The normalized spacial score (nSPS) is 16.9. The highest BCUT2D eigenvalue weighted by Crippen LogP contribution is 2.18. The second-order valence-corrected chi connectivity index (χ2v) is 5.29. The van der Waals surface area contributed by atoms with Crippen LogP contribution in [0.1, 0.15) is 5.56 Å². The Balaban J connectivity index is 2.25. The molecule has 1 aromatic rings. The van der Waals surface area contributed by atoms with Crippen molar-refractivity contribution in [3.8, 4) is 5.75 Å². The van der Waals surface area contributed by atoms with Gasteiger partial charge in [0, 0.05) is 0 Å². The molecule has 0 aromatic heterocycles. The zero-order chi connectivity index (χ0) is 13.3. The smallest absolute Gasteiger partial charge is 0.348 e. The van der Waals surface area contributed by atoms with Gasteiger partial charge in [-0.3, -0.25) is 0 Å². The maximum absolute atomic E-state index is 11.7. The molecular weight excluding hydrogens is 256 g/mol. The molecule has 18 heavy (non-hydrogen) atoms. The average Bonchev–Trinajstić information content (AvgIpc) is 2.54. The van der Waals surface area contributed by atoms with Gasteiger partial charge in [0.1, 0.15) is 11.3 Å². The molecule has 0 amide bonds. The van der Waals surface area contributed by atoms with E-state index in [9.17, 15) is 13.2 Å². The van der Waals surface area contributed by atoms with Gasteiger partial charge in [0.15, 0.2) is 5.03 Å². The lowest BCUT2D eigenvalue weighted by atomic mass is 10.2. The first kappa shape index (κ1) is 12.3. The number of carbonyl (C=O) groups excluding carboxylic acids is 1. The van der Waals surface area contributed by atoms with E-state index < -0.39 is 21.0 Å². The van der Waals surface area contributed by atoms with E-state index in [1.165, 1.54) is 0 Å². The molecule has 0 saturated carbocycles. The molecule has 1 aliphatic rings. The zero-order valence-corrected chi connectivity index (χ0v) is 10.3. The van der Waals surface area contributed by atoms with Crippen molar-refractivity contribution < 1.29 is 17.9 Å². The van der Waals surface area contributed by atoms with Gasteiger partial charge in [0.25, 0.3) is 10.0 Å². The molecule has 0 bridgehead atoms. The van der Waals surface area contributed by atoms with E-state index in [0.717, 1.165) is 11.8 Å². The van der Waals surface area contributed by atoms with Crippen LogP contribution < -0.4 is 10.5 Å². The minimum atomic E-state index is -3.89. The molecule has 6 nitrogen and oxygen atoms in total. The molecule has 0 radical (unpaired) electrons. The predicted molar refractivity (Wildman–Crippen MR) is 65.4 cm³/mol. The SMILES string of the molecule is Cc1cccc(OC(=O)C2=C(N)S(=O)(=O)N=C2)c1. The second kappa shape index (κ2) is 4.26. The molecule has 0 spiro atoms. The lowest BCUT2D eigenvalue weighted by molar-refractivity contribution is -0.129. The van der Waals surface area contributed by atoms with Crippen LogP contribution in [0.4, 0.5) is 0 Å². The van der Waals surface area contributed by atoms with Crippen LogP contribution in [0.2, 0.25) is 0 Å². The van der Waals surface area contributed by atoms with Crippen molar-refractivity contribution in [1.29, 1.82) is 0 Å². The molecule has 94 valence electrons. The Kier molecular flexibility index (Phi) is 2.92. The summed E-state index contributed by atoms with van der Waals surface area (Å²) in [6.45, 7) is 1.84. The van der Waals surface area contributed by atoms with Crippen LogP contribution in [0.25, 0.3) is 0 Å². The number of rotatable bonds is 2. The molecular formula is C11H10N2O4S. The summed E-state index contributed by atoms with van der Waals surface area (Å²) in [5, 5.41) is -0.583. The van der Waals surface area contributed by atoms with E-state index in [2.05, 4.69) is 4.40 Å². The van der Waals surface area contributed by atoms with Crippen molar-refractivity contribution >= 4 is 22.2 Å². The van der Waals surface area contributed by atoms with Crippen LogP contribution in [-0.4, -0.2) is 20.6 Å². The number of esters is 1. The van der Waals surface area contributed by atoms with Crippen molar-refractivity contribution in [2.75, 3.05) is 0 Å². The van der Waals surface area contributed by atoms with E-state index >= 15 is 0 Å². The van der Waals surface area contributed by atoms with Gasteiger partial charge in [-0.15, -0.1) is 0 Å². The number of sulfonamides is 1. The molecule has 0 aliphatic carbocycles. The van der Waals surface area contributed by atoms with E-state index in [1.54, 1.807) is 18.2 Å². The fraction of sp³-hybridized carbons (Fsp3) is 0.0909. The molecule has 0 atom stereocenters. The Morgan fingerprint density at radius 2 is 2.11 bits per heavy atom. The summed E-state index contributed by atoms with van der Waals surface area (Å²) >= 11 is 0. The third-order valence-corrected chi connectivity index (χ3v) is 3.44. The molecule has 1 aromatic carbocycles. The molecule has 0 fully saturated rings. The van der Waals surface area contributed by atoms with Gasteiger partial charge < -0.3 is 10.5 Å². The van der Waals surface area contributed by atoms with Gasteiger partial charge >= 0.3 is 5.97 Å².